The molecule has 0 radical (unpaired) electrons. The first-order valence-electron chi connectivity index (χ1n) is 6.94. The van der Waals surface area contributed by atoms with Gasteiger partial charge in [0.1, 0.15) is 0 Å². The zero-order chi connectivity index (χ0) is 13.5. The molecule has 2 N–H and O–H groups in total. The van der Waals surface area contributed by atoms with E-state index in [9.17, 15) is 0 Å². The van der Waals surface area contributed by atoms with Crippen LogP contribution < -0.4 is 10.6 Å². The molecule has 2 rings (SSSR count). The quantitative estimate of drug-likeness (QED) is 0.827. The summed E-state index contributed by atoms with van der Waals surface area (Å²) in [6.45, 7) is 0.592. The molecule has 0 atom stereocenters. The van der Waals surface area contributed by atoms with E-state index in [0.29, 0.717) is 12.6 Å². The van der Waals surface area contributed by atoms with Crippen molar-refractivity contribution in [2.45, 2.75) is 44.8 Å². The average Bonchev–Trinajstić information content (AvgIpc) is 2.42. The second kappa shape index (κ2) is 7.46. The predicted octanol–water partition coefficient (Wildman–Crippen LogP) is 3.45. The van der Waals surface area contributed by atoms with Crippen molar-refractivity contribution in [3.05, 3.63) is 29.8 Å². The molecule has 0 spiro atoms. The van der Waals surface area contributed by atoms with Crippen LogP contribution in [0.3, 0.4) is 0 Å². The number of hydrogen-bond acceptors (Lipinski definition) is 2. The van der Waals surface area contributed by atoms with Crippen LogP contribution in [0.25, 0.3) is 0 Å². The number of anilines is 1. The van der Waals surface area contributed by atoms with Crippen molar-refractivity contribution < 1.29 is 4.74 Å². The fourth-order valence-corrected chi connectivity index (χ4v) is 2.79. The molecule has 0 aliphatic heterocycles. The van der Waals surface area contributed by atoms with Crippen molar-refractivity contribution in [3.63, 3.8) is 0 Å². The van der Waals surface area contributed by atoms with E-state index in [2.05, 4.69) is 16.7 Å². The van der Waals surface area contributed by atoms with Gasteiger partial charge >= 0.3 is 0 Å². The first-order chi connectivity index (χ1) is 9.29. The van der Waals surface area contributed by atoms with Crippen LogP contribution in [0, 0.1) is 0 Å². The SMILES string of the molecule is COCc1ccccc1NC(=S)NC1CCCCC1. The van der Waals surface area contributed by atoms with Gasteiger partial charge in [-0.05, 0) is 31.1 Å². The van der Waals surface area contributed by atoms with Gasteiger partial charge in [-0.1, -0.05) is 37.5 Å². The van der Waals surface area contributed by atoms with E-state index in [1.54, 1.807) is 7.11 Å². The van der Waals surface area contributed by atoms with Crippen LogP contribution in [0.5, 0.6) is 0 Å². The molecule has 1 aliphatic rings. The second-order valence-electron chi connectivity index (χ2n) is 5.02. The lowest BCUT2D eigenvalue weighted by Crippen LogP contribution is -2.39. The average molecular weight is 278 g/mol. The minimum Gasteiger partial charge on any atom is -0.380 e. The summed E-state index contributed by atoms with van der Waals surface area (Å²) in [5.74, 6) is 0. The summed E-state index contributed by atoms with van der Waals surface area (Å²) in [7, 11) is 1.70. The standard InChI is InChI=1S/C15H22N2OS/c1-18-11-12-7-5-6-10-14(12)17-15(19)16-13-8-3-2-4-9-13/h5-7,10,13H,2-4,8-9,11H2,1H3,(H2,16,17,19). The van der Waals surface area contributed by atoms with Gasteiger partial charge in [-0.3, -0.25) is 0 Å². The van der Waals surface area contributed by atoms with Crippen molar-refractivity contribution in [2.24, 2.45) is 0 Å². The zero-order valence-electron chi connectivity index (χ0n) is 11.4. The maximum absolute atomic E-state index is 5.40. The molecule has 1 aromatic rings. The third-order valence-electron chi connectivity index (χ3n) is 3.51. The first-order valence-corrected chi connectivity index (χ1v) is 7.35. The maximum Gasteiger partial charge on any atom is 0.171 e. The number of hydrogen-bond donors (Lipinski definition) is 2. The van der Waals surface area contributed by atoms with Gasteiger partial charge in [0.15, 0.2) is 5.11 Å². The lowest BCUT2D eigenvalue weighted by molar-refractivity contribution is 0.185. The number of nitrogens with one attached hydrogen (secondary N) is 2. The molecule has 1 aromatic carbocycles. The highest BCUT2D eigenvalue weighted by Crippen LogP contribution is 2.19. The monoisotopic (exact) mass is 278 g/mol. The molecule has 0 amide bonds. The van der Waals surface area contributed by atoms with Crippen LogP contribution in [-0.2, 0) is 11.3 Å². The van der Waals surface area contributed by atoms with E-state index in [-0.39, 0.29) is 0 Å². The van der Waals surface area contributed by atoms with Crippen LogP contribution in [0.15, 0.2) is 24.3 Å². The van der Waals surface area contributed by atoms with E-state index in [1.807, 2.05) is 18.2 Å². The number of methoxy groups -OCH3 is 1. The fraction of sp³-hybridized carbons (Fsp3) is 0.533. The van der Waals surface area contributed by atoms with Crippen molar-refractivity contribution in [2.75, 3.05) is 12.4 Å². The zero-order valence-corrected chi connectivity index (χ0v) is 12.3. The van der Waals surface area contributed by atoms with E-state index in [0.717, 1.165) is 16.4 Å². The molecule has 4 heteroatoms. The summed E-state index contributed by atoms with van der Waals surface area (Å²) in [5, 5.41) is 7.42. The number of rotatable bonds is 4. The van der Waals surface area contributed by atoms with Crippen LogP contribution in [0.1, 0.15) is 37.7 Å². The van der Waals surface area contributed by atoms with Gasteiger partial charge in [0.05, 0.1) is 6.61 Å². The Hall–Kier alpha value is -1.13. The van der Waals surface area contributed by atoms with E-state index in [4.69, 9.17) is 17.0 Å². The van der Waals surface area contributed by atoms with Gasteiger partial charge in [-0.15, -0.1) is 0 Å². The molecule has 0 aromatic heterocycles. The van der Waals surface area contributed by atoms with Crippen LogP contribution in [-0.4, -0.2) is 18.3 Å². The number of benzene rings is 1. The first kappa shape index (κ1) is 14.3. The molecule has 104 valence electrons. The third-order valence-corrected chi connectivity index (χ3v) is 3.73. The Morgan fingerprint density at radius 3 is 2.74 bits per heavy atom. The molecule has 0 saturated heterocycles. The largest absolute Gasteiger partial charge is 0.380 e. The fourth-order valence-electron chi connectivity index (χ4n) is 2.51. The van der Waals surface area contributed by atoms with Crippen molar-refractivity contribution in [1.82, 2.24) is 5.32 Å². The van der Waals surface area contributed by atoms with Crippen molar-refractivity contribution in [1.29, 1.82) is 0 Å². The normalized spacial score (nSPS) is 16.1. The molecule has 19 heavy (non-hydrogen) atoms. The molecule has 0 heterocycles. The van der Waals surface area contributed by atoms with Gasteiger partial charge in [-0.2, -0.15) is 0 Å². The molecular weight excluding hydrogens is 256 g/mol. The summed E-state index contributed by atoms with van der Waals surface area (Å²) in [5.41, 5.74) is 2.15. The molecule has 1 aliphatic carbocycles. The van der Waals surface area contributed by atoms with Crippen LogP contribution in [0.4, 0.5) is 5.69 Å². The Labute approximate surface area is 120 Å². The lowest BCUT2D eigenvalue weighted by Gasteiger charge is -2.24. The Balaban J connectivity index is 1.90. The minimum atomic E-state index is 0.531. The molecule has 1 saturated carbocycles. The van der Waals surface area contributed by atoms with E-state index < -0.39 is 0 Å². The van der Waals surface area contributed by atoms with Crippen LogP contribution >= 0.6 is 12.2 Å². The molecule has 1 fully saturated rings. The van der Waals surface area contributed by atoms with E-state index >= 15 is 0 Å². The van der Waals surface area contributed by atoms with Gasteiger partial charge < -0.3 is 15.4 Å². The highest BCUT2D eigenvalue weighted by molar-refractivity contribution is 7.80. The molecule has 0 bridgehead atoms. The molecule has 0 unspecified atom stereocenters. The Morgan fingerprint density at radius 2 is 2.00 bits per heavy atom. The van der Waals surface area contributed by atoms with Gasteiger partial charge in [-0.25, -0.2) is 0 Å². The smallest absolute Gasteiger partial charge is 0.171 e. The van der Waals surface area contributed by atoms with Gasteiger partial charge in [0, 0.05) is 24.4 Å². The molecule has 3 nitrogen and oxygen atoms in total. The minimum absolute atomic E-state index is 0.531. The third kappa shape index (κ3) is 4.48. The summed E-state index contributed by atoms with van der Waals surface area (Å²) < 4.78 is 5.20. The van der Waals surface area contributed by atoms with Crippen LogP contribution in [0.2, 0.25) is 0 Å². The number of thiocarbonyl (C=S) groups is 1. The maximum atomic E-state index is 5.40. The number of ether oxygens (including phenoxy) is 1. The summed E-state index contributed by atoms with van der Waals surface area (Å²) >= 11 is 5.40. The number of para-hydroxylation sites is 1. The topological polar surface area (TPSA) is 33.3 Å². The second-order valence-corrected chi connectivity index (χ2v) is 5.43. The highest BCUT2D eigenvalue weighted by atomic mass is 32.1. The highest BCUT2D eigenvalue weighted by Gasteiger charge is 2.14. The summed E-state index contributed by atoms with van der Waals surface area (Å²) in [4.78, 5) is 0. The Bertz CT molecular complexity index is 416. The Morgan fingerprint density at radius 1 is 1.26 bits per heavy atom. The van der Waals surface area contributed by atoms with Crippen molar-refractivity contribution in [3.8, 4) is 0 Å². The predicted molar refractivity (Wildman–Crippen MR) is 83.4 cm³/mol. The van der Waals surface area contributed by atoms with Crippen molar-refractivity contribution >= 4 is 23.0 Å². The van der Waals surface area contributed by atoms with Gasteiger partial charge in [0.25, 0.3) is 0 Å². The Kier molecular flexibility index (Phi) is 5.61. The molecular formula is C15H22N2OS. The van der Waals surface area contributed by atoms with E-state index in [1.165, 1.54) is 32.1 Å². The summed E-state index contributed by atoms with van der Waals surface area (Å²) in [6.07, 6.45) is 6.42. The van der Waals surface area contributed by atoms with Gasteiger partial charge in [0.2, 0.25) is 0 Å². The summed E-state index contributed by atoms with van der Waals surface area (Å²) in [6, 6.07) is 8.63. The lowest BCUT2D eigenvalue weighted by atomic mass is 9.96.